The van der Waals surface area contributed by atoms with Gasteiger partial charge in [0.25, 0.3) is 0 Å². The molecule has 0 spiro atoms. The quantitative estimate of drug-likeness (QED) is 0.0967. The molecule has 6 nitrogen and oxygen atoms in total. The van der Waals surface area contributed by atoms with Gasteiger partial charge in [0.15, 0.2) is 0 Å². The second kappa shape index (κ2) is 34.3. The first kappa shape index (κ1) is 44.3. The molecule has 2 radical (unpaired) electrons. The van der Waals surface area contributed by atoms with Gasteiger partial charge in [0.05, 0.1) is 0 Å². The molecule has 0 aliphatic heterocycles. The Bertz CT molecular complexity index is 455. The molecule has 0 aliphatic carbocycles. The number of thiol groups is 3. The van der Waals surface area contributed by atoms with E-state index < -0.39 is 17.9 Å². The van der Waals surface area contributed by atoms with Crippen molar-refractivity contribution in [2.75, 3.05) is 17.3 Å². The molecule has 0 saturated heterocycles. The van der Waals surface area contributed by atoms with Gasteiger partial charge in [-0.3, -0.25) is 0 Å². The maximum atomic E-state index is 10.4. The maximum Gasteiger partial charge on any atom is 3.00 e. The summed E-state index contributed by atoms with van der Waals surface area (Å²) < 4.78 is 0. The van der Waals surface area contributed by atoms with Gasteiger partial charge in [-0.15, -0.1) is 0 Å². The third-order valence-corrected chi connectivity index (χ3v) is 7.20. The van der Waals surface area contributed by atoms with Crippen molar-refractivity contribution in [3.8, 4) is 0 Å². The first-order valence-electron chi connectivity index (χ1n) is 13.6. The fourth-order valence-electron chi connectivity index (χ4n) is 3.30. The van der Waals surface area contributed by atoms with Crippen molar-refractivity contribution in [3.05, 3.63) is 0 Å². The van der Waals surface area contributed by atoms with E-state index in [1.54, 1.807) is 0 Å². The van der Waals surface area contributed by atoms with Crippen LogP contribution in [0.15, 0.2) is 0 Å². The monoisotopic (exact) mass is 688 g/mol. The topological polar surface area (TPSA) is 120 Å². The van der Waals surface area contributed by atoms with E-state index >= 15 is 0 Å². The summed E-state index contributed by atoms with van der Waals surface area (Å²) in [6, 6.07) is 0. The Labute approximate surface area is 260 Å². The van der Waals surface area contributed by atoms with Crippen LogP contribution in [0.5, 0.6) is 0 Å². The van der Waals surface area contributed by atoms with Crippen molar-refractivity contribution in [1.29, 1.82) is 0 Å². The zero-order chi connectivity index (χ0) is 28.2. The standard InChI is InChI=1S/3C9H18O2S.Sb/c3*1-2-3-4-5-6-8(7-12)9(10)11;/h3*8,12H,2-7H2,1H3,(H,10,11);/q;;;+3/p-3. The average molecular weight is 690 g/mol. The molecule has 3 atom stereocenters. The number of carboxylic acids is 3. The number of aliphatic carboxylic acids is 3. The molecule has 0 saturated carbocycles. The summed E-state index contributed by atoms with van der Waals surface area (Å²) in [5.74, 6) is -2.75. The van der Waals surface area contributed by atoms with Crippen molar-refractivity contribution in [1.82, 2.24) is 0 Å². The molecule has 3 unspecified atom stereocenters. The normalized spacial score (nSPS) is 12.5. The van der Waals surface area contributed by atoms with Gasteiger partial charge in [0, 0.05) is 35.7 Å². The van der Waals surface area contributed by atoms with E-state index in [4.69, 9.17) is 0 Å². The molecule has 0 aromatic heterocycles. The third-order valence-electron chi connectivity index (χ3n) is 5.88. The summed E-state index contributed by atoms with van der Waals surface area (Å²) in [5, 5.41) is 31.3. The van der Waals surface area contributed by atoms with Crippen molar-refractivity contribution in [2.45, 2.75) is 117 Å². The van der Waals surface area contributed by atoms with Crippen molar-refractivity contribution in [3.63, 3.8) is 0 Å². The average Bonchev–Trinajstić information content (AvgIpc) is 2.84. The molecule has 0 aliphatic rings. The molecule has 0 N–H and O–H groups in total. The van der Waals surface area contributed by atoms with Gasteiger partial charge in [-0.2, -0.15) is 37.9 Å². The molecule has 0 fully saturated rings. The predicted octanol–water partition coefficient (Wildman–Crippen LogP) is 3.38. The first-order valence-corrected chi connectivity index (χ1v) is 15.5. The van der Waals surface area contributed by atoms with Crippen molar-refractivity contribution < 1.29 is 29.7 Å². The minimum absolute atomic E-state index is 0. The summed E-state index contributed by atoms with van der Waals surface area (Å²) in [4.78, 5) is 31.3. The van der Waals surface area contributed by atoms with E-state index in [0.717, 1.165) is 38.5 Å². The Morgan fingerprint density at radius 2 is 0.703 bits per heavy atom. The van der Waals surface area contributed by atoms with Gasteiger partial charge < -0.3 is 29.7 Å². The number of hydrogen-bond acceptors (Lipinski definition) is 9. The van der Waals surface area contributed by atoms with Gasteiger partial charge >= 0.3 is 24.4 Å². The molecule has 0 aromatic rings. The number of hydrogen-bond donors (Lipinski definition) is 3. The van der Waals surface area contributed by atoms with E-state index in [2.05, 4.69) is 58.7 Å². The van der Waals surface area contributed by atoms with Crippen LogP contribution in [-0.2, 0) is 14.4 Å². The summed E-state index contributed by atoms with van der Waals surface area (Å²) >= 11 is 11.9. The summed E-state index contributed by atoms with van der Waals surface area (Å²) in [7, 11) is 0. The number of carboxylic acid groups (broad SMARTS) is 3. The molecular formula is C27H51O6S3Sb. The fourth-order valence-corrected chi connectivity index (χ4v) is 4.30. The number of carbonyl (C=O) groups is 3. The Morgan fingerprint density at radius 3 is 0.838 bits per heavy atom. The second-order valence-corrected chi connectivity index (χ2v) is 10.2. The van der Waals surface area contributed by atoms with Gasteiger partial charge in [-0.1, -0.05) is 97.8 Å². The fraction of sp³-hybridized carbons (Fsp3) is 0.889. The maximum absolute atomic E-state index is 10.4. The van der Waals surface area contributed by atoms with E-state index in [1.165, 1.54) is 38.5 Å². The van der Waals surface area contributed by atoms with Gasteiger partial charge in [-0.05, 0) is 36.5 Å². The zero-order valence-electron chi connectivity index (χ0n) is 23.2. The first-order chi connectivity index (χ1) is 17.2. The van der Waals surface area contributed by atoms with Gasteiger partial charge in [-0.25, -0.2) is 0 Å². The second-order valence-electron chi connectivity index (χ2n) is 9.14. The molecule has 37 heavy (non-hydrogen) atoms. The van der Waals surface area contributed by atoms with Gasteiger partial charge in [0.1, 0.15) is 0 Å². The van der Waals surface area contributed by atoms with Crippen LogP contribution >= 0.6 is 37.9 Å². The summed E-state index contributed by atoms with van der Waals surface area (Å²) in [5.41, 5.74) is 0. The van der Waals surface area contributed by atoms with Crippen LogP contribution in [0, 0.1) is 17.8 Å². The van der Waals surface area contributed by atoms with Crippen LogP contribution in [0.3, 0.4) is 0 Å². The van der Waals surface area contributed by atoms with E-state index in [1.807, 2.05) is 0 Å². The molecule has 0 heterocycles. The zero-order valence-corrected chi connectivity index (χ0v) is 28.4. The Balaban J connectivity index is -0.000000218. The Morgan fingerprint density at radius 1 is 0.486 bits per heavy atom. The van der Waals surface area contributed by atoms with Crippen LogP contribution in [0.1, 0.15) is 117 Å². The van der Waals surface area contributed by atoms with E-state index in [0.29, 0.717) is 36.5 Å². The number of carbonyl (C=O) groups excluding carboxylic acids is 3. The summed E-state index contributed by atoms with van der Waals surface area (Å²) in [6.45, 7) is 6.40. The van der Waals surface area contributed by atoms with Crippen molar-refractivity contribution >= 4 is 80.2 Å². The van der Waals surface area contributed by atoms with E-state index in [-0.39, 0.29) is 42.2 Å². The Kier molecular flexibility index (Phi) is 41.1. The molecule has 218 valence electrons. The molecule has 0 rings (SSSR count). The predicted molar refractivity (Wildman–Crippen MR) is 159 cm³/mol. The molecule has 0 aromatic carbocycles. The molecular weight excluding hydrogens is 638 g/mol. The molecule has 10 heteroatoms. The largest absolute Gasteiger partial charge is 3.00 e. The Hall–Kier alpha value is 0.278. The summed E-state index contributed by atoms with van der Waals surface area (Å²) in [6.07, 6.45) is 15.5. The third kappa shape index (κ3) is 32.4. The van der Waals surface area contributed by atoms with Crippen LogP contribution < -0.4 is 15.3 Å². The number of rotatable bonds is 21. The SMILES string of the molecule is CCCCCCC(CS)C(=O)[O-].CCCCCCC(CS)C(=O)[O-].CCCCCCC(CS)C(=O)[O-].[Sb+3]. The van der Waals surface area contributed by atoms with Gasteiger partial charge in [0.2, 0.25) is 0 Å². The van der Waals surface area contributed by atoms with E-state index in [9.17, 15) is 29.7 Å². The molecule has 0 amide bonds. The number of unbranched alkanes of at least 4 members (excludes halogenated alkanes) is 9. The van der Waals surface area contributed by atoms with Crippen LogP contribution in [-0.4, -0.2) is 59.6 Å². The van der Waals surface area contributed by atoms with Crippen molar-refractivity contribution in [2.24, 2.45) is 17.8 Å². The van der Waals surface area contributed by atoms with Crippen LogP contribution in [0.2, 0.25) is 0 Å². The molecule has 0 bridgehead atoms. The smallest absolute Gasteiger partial charge is 0.550 e. The minimum Gasteiger partial charge on any atom is -0.550 e. The van der Waals surface area contributed by atoms with Crippen LogP contribution in [0.25, 0.3) is 0 Å². The van der Waals surface area contributed by atoms with Crippen LogP contribution in [0.4, 0.5) is 0 Å². The minimum atomic E-state index is -0.957.